The summed E-state index contributed by atoms with van der Waals surface area (Å²) in [6, 6.07) is 12.0. The highest BCUT2D eigenvalue weighted by molar-refractivity contribution is 8.15. The van der Waals surface area contributed by atoms with Gasteiger partial charge in [-0.05, 0) is 43.5 Å². The molecule has 2 atom stereocenters. The molecule has 32 heavy (non-hydrogen) atoms. The Bertz CT molecular complexity index is 1100. The minimum atomic E-state index is -1.37. The lowest BCUT2D eigenvalue weighted by Gasteiger charge is -2.36. The molecule has 0 saturated heterocycles. The van der Waals surface area contributed by atoms with Crippen molar-refractivity contribution in [3.63, 3.8) is 0 Å². The van der Waals surface area contributed by atoms with E-state index < -0.39 is 28.5 Å². The number of hydrazone groups is 1. The third-order valence-corrected chi connectivity index (χ3v) is 6.34. The summed E-state index contributed by atoms with van der Waals surface area (Å²) in [6.07, 6.45) is 1.25. The number of benzene rings is 2. The number of thioether (sulfide) groups is 1. The van der Waals surface area contributed by atoms with Crippen molar-refractivity contribution >= 4 is 28.5 Å². The van der Waals surface area contributed by atoms with Crippen molar-refractivity contribution in [2.24, 2.45) is 15.8 Å². The molecule has 1 heterocycles. The summed E-state index contributed by atoms with van der Waals surface area (Å²) >= 11 is 1.10. The molecular formula is C22H21F2N5O2S. The second kappa shape index (κ2) is 9.89. The van der Waals surface area contributed by atoms with Gasteiger partial charge in [-0.2, -0.15) is 15.4 Å². The molecule has 0 spiro atoms. The maximum atomic E-state index is 14.5. The van der Waals surface area contributed by atoms with Crippen LogP contribution in [0, 0.1) is 23.1 Å². The topological polar surface area (TPSA) is 115 Å². The molecule has 0 aromatic heterocycles. The molecular weight excluding hydrogens is 436 g/mol. The van der Waals surface area contributed by atoms with E-state index in [4.69, 9.17) is 11.0 Å². The summed E-state index contributed by atoms with van der Waals surface area (Å²) < 4.78 is 28.4. The first-order chi connectivity index (χ1) is 15.3. The zero-order valence-corrected chi connectivity index (χ0v) is 18.0. The van der Waals surface area contributed by atoms with Gasteiger partial charge in [0, 0.05) is 12.0 Å². The molecule has 0 saturated carbocycles. The van der Waals surface area contributed by atoms with E-state index in [0.29, 0.717) is 18.4 Å². The van der Waals surface area contributed by atoms with Crippen molar-refractivity contribution in [1.29, 1.82) is 5.26 Å². The first-order valence-electron chi connectivity index (χ1n) is 9.80. The molecule has 0 radical (unpaired) electrons. The minimum Gasteiger partial charge on any atom is -0.386 e. The van der Waals surface area contributed by atoms with Gasteiger partial charge in [-0.15, -0.1) is 0 Å². The molecule has 1 aliphatic heterocycles. The van der Waals surface area contributed by atoms with Crippen LogP contribution in [0.1, 0.15) is 37.3 Å². The summed E-state index contributed by atoms with van der Waals surface area (Å²) in [5.41, 5.74) is 6.33. The zero-order valence-electron chi connectivity index (χ0n) is 17.2. The number of carbonyl (C=O) groups is 1. The number of carbonyl (C=O) groups excluding carboxylic acids is 1. The predicted octanol–water partition coefficient (Wildman–Crippen LogP) is 3.44. The molecule has 2 unspecified atom stereocenters. The van der Waals surface area contributed by atoms with E-state index in [1.807, 2.05) is 6.07 Å². The van der Waals surface area contributed by atoms with Gasteiger partial charge in [0.25, 0.3) is 5.91 Å². The monoisotopic (exact) mass is 457 g/mol. The van der Waals surface area contributed by atoms with Gasteiger partial charge in [-0.3, -0.25) is 4.79 Å². The van der Waals surface area contributed by atoms with Gasteiger partial charge in [-0.25, -0.2) is 13.8 Å². The molecule has 0 fully saturated rings. The van der Waals surface area contributed by atoms with E-state index in [-0.39, 0.29) is 22.9 Å². The number of nitrogens with two attached hydrogens (primary N) is 1. The van der Waals surface area contributed by atoms with Crippen LogP contribution in [0.15, 0.2) is 58.6 Å². The SMILES string of the molecule is CC(O)C(=O)N1N=C(c2cc(F)ccc2F)SC1(CCCC(N)=NC#N)c1ccccc1. The maximum absolute atomic E-state index is 14.5. The van der Waals surface area contributed by atoms with Gasteiger partial charge >= 0.3 is 0 Å². The van der Waals surface area contributed by atoms with Crippen LogP contribution in [0.5, 0.6) is 0 Å². The zero-order chi connectivity index (χ0) is 23.3. The fourth-order valence-electron chi connectivity index (χ4n) is 3.38. The van der Waals surface area contributed by atoms with Crippen LogP contribution >= 0.6 is 11.8 Å². The Morgan fingerprint density at radius 3 is 2.72 bits per heavy atom. The second-order valence-electron chi connectivity index (χ2n) is 7.16. The van der Waals surface area contributed by atoms with Crippen molar-refractivity contribution in [2.45, 2.75) is 37.2 Å². The number of halogens is 2. The Labute approximate surface area is 188 Å². The van der Waals surface area contributed by atoms with E-state index in [9.17, 15) is 18.7 Å². The normalized spacial score (nSPS) is 19.4. The third-order valence-electron chi connectivity index (χ3n) is 4.89. The summed E-state index contributed by atoms with van der Waals surface area (Å²) in [5, 5.41) is 24.3. The number of rotatable bonds is 7. The average molecular weight is 458 g/mol. The van der Waals surface area contributed by atoms with Crippen molar-refractivity contribution in [2.75, 3.05) is 0 Å². The number of aliphatic imine (C=N–C) groups is 1. The van der Waals surface area contributed by atoms with E-state index in [1.165, 1.54) is 6.92 Å². The van der Waals surface area contributed by atoms with E-state index in [0.717, 1.165) is 35.0 Å². The molecule has 166 valence electrons. The fraction of sp³-hybridized carbons (Fsp3) is 0.273. The average Bonchev–Trinajstić information content (AvgIpc) is 3.16. The maximum Gasteiger partial charge on any atom is 0.272 e. The number of hydrogen-bond acceptors (Lipinski definition) is 6. The van der Waals surface area contributed by atoms with Gasteiger partial charge in [0.05, 0.1) is 0 Å². The van der Waals surface area contributed by atoms with Crippen molar-refractivity contribution < 1.29 is 18.7 Å². The molecule has 1 amide bonds. The number of nitrogens with zero attached hydrogens (tertiary/aromatic N) is 4. The first kappa shape index (κ1) is 23.4. The lowest BCUT2D eigenvalue weighted by atomic mass is 9.98. The van der Waals surface area contributed by atoms with Crippen LogP contribution in [-0.2, 0) is 9.67 Å². The Morgan fingerprint density at radius 1 is 1.34 bits per heavy atom. The predicted molar refractivity (Wildman–Crippen MR) is 118 cm³/mol. The summed E-state index contributed by atoms with van der Waals surface area (Å²) in [7, 11) is 0. The van der Waals surface area contributed by atoms with Gasteiger partial charge < -0.3 is 10.8 Å². The van der Waals surface area contributed by atoms with Gasteiger partial charge in [0.1, 0.15) is 33.5 Å². The number of hydrogen-bond donors (Lipinski definition) is 2. The van der Waals surface area contributed by atoms with Crippen LogP contribution in [0.25, 0.3) is 0 Å². The van der Waals surface area contributed by atoms with E-state index in [1.54, 1.807) is 30.5 Å². The quantitative estimate of drug-likeness (QED) is 0.375. The van der Waals surface area contributed by atoms with Gasteiger partial charge in [-0.1, -0.05) is 42.1 Å². The number of nitriles is 1. The largest absolute Gasteiger partial charge is 0.386 e. The highest BCUT2D eigenvalue weighted by atomic mass is 32.2. The summed E-state index contributed by atoms with van der Waals surface area (Å²) in [4.78, 5) is 15.3. The van der Waals surface area contributed by atoms with Crippen molar-refractivity contribution in [3.05, 3.63) is 71.3 Å². The minimum absolute atomic E-state index is 0.0817. The smallest absolute Gasteiger partial charge is 0.272 e. The Balaban J connectivity index is 2.09. The Hall–Kier alpha value is -3.29. The Kier molecular flexibility index (Phi) is 7.22. The molecule has 0 bridgehead atoms. The van der Waals surface area contributed by atoms with Crippen LogP contribution in [0.2, 0.25) is 0 Å². The molecule has 3 rings (SSSR count). The van der Waals surface area contributed by atoms with Crippen molar-refractivity contribution in [1.82, 2.24) is 5.01 Å². The van der Waals surface area contributed by atoms with E-state index in [2.05, 4.69) is 10.1 Å². The fourth-order valence-corrected chi connectivity index (χ4v) is 4.81. The second-order valence-corrected chi connectivity index (χ2v) is 8.43. The lowest BCUT2D eigenvalue weighted by Crippen LogP contribution is -2.45. The highest BCUT2D eigenvalue weighted by Crippen LogP contribution is 2.51. The number of aliphatic hydroxyl groups excluding tert-OH is 1. The molecule has 0 aliphatic carbocycles. The molecule has 3 N–H and O–H groups in total. The lowest BCUT2D eigenvalue weighted by molar-refractivity contribution is -0.143. The van der Waals surface area contributed by atoms with E-state index >= 15 is 0 Å². The number of aliphatic hydroxyl groups is 1. The molecule has 10 heteroatoms. The highest BCUT2D eigenvalue weighted by Gasteiger charge is 2.49. The molecule has 1 aliphatic rings. The standard InChI is InChI=1S/C22H21F2N5O2S/c1-14(30)21(31)29-22(15-6-3-2-4-7-15,11-5-8-19(26)27-13-25)32-20(28-29)17-12-16(23)9-10-18(17)24/h2-4,6-7,9-10,12,14,30H,5,8,11H2,1H3,(H2,26,27). The number of amidine groups is 1. The van der Waals surface area contributed by atoms with Gasteiger partial charge in [0.15, 0.2) is 0 Å². The Morgan fingerprint density at radius 2 is 2.06 bits per heavy atom. The van der Waals surface area contributed by atoms with Crippen LogP contribution in [-0.4, -0.2) is 33.0 Å². The molecule has 7 nitrogen and oxygen atoms in total. The van der Waals surface area contributed by atoms with Gasteiger partial charge in [0.2, 0.25) is 6.19 Å². The van der Waals surface area contributed by atoms with Crippen LogP contribution in [0.3, 0.4) is 0 Å². The third kappa shape index (κ3) is 4.79. The molecule has 2 aromatic rings. The summed E-state index contributed by atoms with van der Waals surface area (Å²) in [6.45, 7) is 1.32. The van der Waals surface area contributed by atoms with Crippen LogP contribution in [0.4, 0.5) is 8.78 Å². The number of amides is 1. The summed E-state index contributed by atoms with van der Waals surface area (Å²) in [5.74, 6) is -1.87. The van der Waals surface area contributed by atoms with Crippen molar-refractivity contribution in [3.8, 4) is 6.19 Å². The van der Waals surface area contributed by atoms with Crippen LogP contribution < -0.4 is 5.73 Å². The molecule has 2 aromatic carbocycles. The first-order valence-corrected chi connectivity index (χ1v) is 10.6.